The van der Waals surface area contributed by atoms with Crippen LogP contribution in [0.25, 0.3) is 11.0 Å². The molecule has 0 aliphatic heterocycles. The van der Waals surface area contributed by atoms with Crippen LogP contribution in [0.2, 0.25) is 0 Å². The lowest BCUT2D eigenvalue weighted by atomic mass is 10.0. The van der Waals surface area contributed by atoms with Gasteiger partial charge in [-0.2, -0.15) is 0 Å². The van der Waals surface area contributed by atoms with Gasteiger partial charge in [0.15, 0.2) is 0 Å². The zero-order chi connectivity index (χ0) is 14.1. The number of fused-ring (bicyclic) bond motifs is 1. The highest BCUT2D eigenvalue weighted by Gasteiger charge is 2.14. The molecule has 0 saturated heterocycles. The standard InChI is InChI=1S/C16H13BrFNO/c17-13-4-2-1-3-10(13)8-14(19)16-9-11-7-12(18)5-6-15(11)20-16/h1-7,9,14H,8,19H2. The summed E-state index contributed by atoms with van der Waals surface area (Å²) in [6.45, 7) is 0. The molecule has 2 nitrogen and oxygen atoms in total. The number of hydrogen-bond acceptors (Lipinski definition) is 2. The number of nitrogens with two attached hydrogens (primary N) is 1. The molecule has 1 heterocycles. The van der Waals surface area contributed by atoms with Gasteiger partial charge in [0, 0.05) is 9.86 Å². The van der Waals surface area contributed by atoms with Gasteiger partial charge in [-0.15, -0.1) is 0 Å². The lowest BCUT2D eigenvalue weighted by Gasteiger charge is -2.10. The predicted octanol–water partition coefficient (Wildman–Crippen LogP) is 4.58. The summed E-state index contributed by atoms with van der Waals surface area (Å²) >= 11 is 3.51. The van der Waals surface area contributed by atoms with Gasteiger partial charge in [-0.1, -0.05) is 34.1 Å². The Balaban J connectivity index is 1.89. The normalized spacial score (nSPS) is 12.8. The van der Waals surface area contributed by atoms with Gasteiger partial charge in [0.25, 0.3) is 0 Å². The molecule has 3 aromatic rings. The highest BCUT2D eigenvalue weighted by molar-refractivity contribution is 9.10. The lowest BCUT2D eigenvalue weighted by molar-refractivity contribution is 0.493. The minimum atomic E-state index is -0.274. The van der Waals surface area contributed by atoms with Crippen LogP contribution >= 0.6 is 15.9 Å². The van der Waals surface area contributed by atoms with Crippen molar-refractivity contribution in [2.24, 2.45) is 5.73 Å². The van der Waals surface area contributed by atoms with Crippen LogP contribution in [0, 0.1) is 5.82 Å². The van der Waals surface area contributed by atoms with E-state index in [1.54, 1.807) is 12.1 Å². The zero-order valence-electron chi connectivity index (χ0n) is 10.6. The molecule has 0 saturated carbocycles. The number of halogens is 2. The molecule has 0 aliphatic rings. The molecular formula is C16H13BrFNO. The second-order valence-corrected chi connectivity index (χ2v) is 5.59. The van der Waals surface area contributed by atoms with Gasteiger partial charge in [0.1, 0.15) is 17.2 Å². The van der Waals surface area contributed by atoms with E-state index in [1.165, 1.54) is 12.1 Å². The van der Waals surface area contributed by atoms with E-state index < -0.39 is 0 Å². The molecule has 0 aliphatic carbocycles. The third-order valence-electron chi connectivity index (χ3n) is 3.26. The summed E-state index contributed by atoms with van der Waals surface area (Å²) < 4.78 is 19.9. The highest BCUT2D eigenvalue weighted by atomic mass is 79.9. The van der Waals surface area contributed by atoms with Gasteiger partial charge >= 0.3 is 0 Å². The molecule has 20 heavy (non-hydrogen) atoms. The molecule has 0 fully saturated rings. The van der Waals surface area contributed by atoms with Crippen LogP contribution in [0.4, 0.5) is 4.39 Å². The molecule has 2 N–H and O–H groups in total. The van der Waals surface area contributed by atoms with E-state index in [9.17, 15) is 4.39 Å². The number of benzene rings is 2. The van der Waals surface area contributed by atoms with Crippen LogP contribution in [-0.4, -0.2) is 0 Å². The molecule has 102 valence electrons. The lowest BCUT2D eigenvalue weighted by Crippen LogP contribution is -2.12. The monoisotopic (exact) mass is 333 g/mol. The molecule has 0 amide bonds. The molecule has 0 spiro atoms. The SMILES string of the molecule is NC(Cc1ccccc1Br)c1cc2cc(F)ccc2o1. The first kappa shape index (κ1) is 13.3. The van der Waals surface area contributed by atoms with Crippen molar-refractivity contribution in [2.45, 2.75) is 12.5 Å². The van der Waals surface area contributed by atoms with E-state index in [2.05, 4.69) is 15.9 Å². The molecule has 2 aromatic carbocycles. The summed E-state index contributed by atoms with van der Waals surface area (Å²) in [6.07, 6.45) is 0.656. The summed E-state index contributed by atoms with van der Waals surface area (Å²) in [5.41, 5.74) is 7.96. The third kappa shape index (κ3) is 2.62. The molecular weight excluding hydrogens is 321 g/mol. The van der Waals surface area contributed by atoms with Crippen LogP contribution in [0.5, 0.6) is 0 Å². The molecule has 1 unspecified atom stereocenters. The highest BCUT2D eigenvalue weighted by Crippen LogP contribution is 2.27. The molecule has 1 aromatic heterocycles. The van der Waals surface area contributed by atoms with Crippen molar-refractivity contribution in [3.05, 3.63) is 70.1 Å². The second-order valence-electron chi connectivity index (χ2n) is 4.73. The van der Waals surface area contributed by atoms with Crippen molar-refractivity contribution >= 4 is 26.9 Å². The maximum atomic E-state index is 13.2. The second kappa shape index (κ2) is 5.38. The van der Waals surface area contributed by atoms with E-state index in [0.717, 1.165) is 15.4 Å². The van der Waals surface area contributed by atoms with Crippen molar-refractivity contribution in [2.75, 3.05) is 0 Å². The van der Waals surface area contributed by atoms with Gasteiger partial charge in [-0.05, 0) is 42.3 Å². The average molecular weight is 334 g/mol. The smallest absolute Gasteiger partial charge is 0.134 e. The summed E-state index contributed by atoms with van der Waals surface area (Å²) in [6, 6.07) is 13.9. The van der Waals surface area contributed by atoms with Gasteiger partial charge < -0.3 is 10.2 Å². The third-order valence-corrected chi connectivity index (χ3v) is 4.03. The fraction of sp³-hybridized carbons (Fsp3) is 0.125. The van der Waals surface area contributed by atoms with Crippen molar-refractivity contribution in [3.8, 4) is 0 Å². The average Bonchev–Trinajstić information content (AvgIpc) is 2.84. The largest absolute Gasteiger partial charge is 0.459 e. The topological polar surface area (TPSA) is 39.2 Å². The van der Waals surface area contributed by atoms with Crippen molar-refractivity contribution in [1.82, 2.24) is 0 Å². The Kier molecular flexibility index (Phi) is 3.59. The van der Waals surface area contributed by atoms with Crippen LogP contribution in [0.1, 0.15) is 17.4 Å². The fourth-order valence-corrected chi connectivity index (χ4v) is 2.67. The van der Waals surface area contributed by atoms with Gasteiger partial charge in [0.05, 0.1) is 6.04 Å². The Labute approximate surface area is 124 Å². The molecule has 1 atom stereocenters. The Bertz CT molecular complexity index is 753. The number of hydrogen-bond donors (Lipinski definition) is 1. The van der Waals surface area contributed by atoms with Gasteiger partial charge in [-0.3, -0.25) is 0 Å². The molecule has 0 bridgehead atoms. The van der Waals surface area contributed by atoms with Crippen LogP contribution in [0.3, 0.4) is 0 Å². The number of furan rings is 1. The minimum Gasteiger partial charge on any atom is -0.459 e. The van der Waals surface area contributed by atoms with Crippen molar-refractivity contribution < 1.29 is 8.81 Å². The maximum Gasteiger partial charge on any atom is 0.134 e. The fourth-order valence-electron chi connectivity index (χ4n) is 2.22. The van der Waals surface area contributed by atoms with E-state index >= 15 is 0 Å². The summed E-state index contributed by atoms with van der Waals surface area (Å²) in [4.78, 5) is 0. The minimum absolute atomic E-state index is 0.260. The van der Waals surface area contributed by atoms with Gasteiger partial charge in [-0.25, -0.2) is 4.39 Å². The quantitative estimate of drug-likeness (QED) is 0.762. The van der Waals surface area contributed by atoms with E-state index in [0.29, 0.717) is 17.8 Å². The predicted molar refractivity (Wildman–Crippen MR) is 80.9 cm³/mol. The Morgan fingerprint density at radius 1 is 1.15 bits per heavy atom. The first-order chi connectivity index (χ1) is 9.63. The number of rotatable bonds is 3. The van der Waals surface area contributed by atoms with Crippen LogP contribution in [-0.2, 0) is 6.42 Å². The first-order valence-electron chi connectivity index (χ1n) is 6.31. The van der Waals surface area contributed by atoms with E-state index in [1.807, 2.05) is 24.3 Å². The van der Waals surface area contributed by atoms with Crippen LogP contribution in [0.15, 0.2) is 57.4 Å². The zero-order valence-corrected chi connectivity index (χ0v) is 12.2. The van der Waals surface area contributed by atoms with E-state index in [-0.39, 0.29) is 11.9 Å². The van der Waals surface area contributed by atoms with Crippen LogP contribution < -0.4 is 5.73 Å². The summed E-state index contributed by atoms with van der Waals surface area (Å²) in [5, 5.41) is 0.738. The van der Waals surface area contributed by atoms with Crippen molar-refractivity contribution in [3.63, 3.8) is 0 Å². The first-order valence-corrected chi connectivity index (χ1v) is 7.11. The van der Waals surface area contributed by atoms with Gasteiger partial charge in [0.2, 0.25) is 0 Å². The van der Waals surface area contributed by atoms with Crippen molar-refractivity contribution in [1.29, 1.82) is 0 Å². The summed E-state index contributed by atoms with van der Waals surface area (Å²) in [7, 11) is 0. The molecule has 0 radical (unpaired) electrons. The Morgan fingerprint density at radius 2 is 1.95 bits per heavy atom. The summed E-state index contributed by atoms with van der Waals surface area (Å²) in [5.74, 6) is 0.394. The van der Waals surface area contributed by atoms with E-state index in [4.69, 9.17) is 10.2 Å². The Morgan fingerprint density at radius 3 is 2.75 bits per heavy atom. The molecule has 3 rings (SSSR count). The Hall–Kier alpha value is -1.65. The molecule has 4 heteroatoms. The maximum absolute atomic E-state index is 13.2.